The van der Waals surface area contributed by atoms with Crippen molar-refractivity contribution in [3.63, 3.8) is 0 Å². The third-order valence-corrected chi connectivity index (χ3v) is 5.84. The molecule has 146 valence electrons. The Labute approximate surface area is 176 Å². The van der Waals surface area contributed by atoms with Gasteiger partial charge in [0.2, 0.25) is 0 Å². The van der Waals surface area contributed by atoms with E-state index in [1.54, 1.807) is 28.4 Å². The number of methoxy groups -OCH3 is 3. The number of thioether (sulfide) groups is 1. The maximum Gasteiger partial charge on any atom is 0.266 e. The summed E-state index contributed by atoms with van der Waals surface area (Å²) in [5, 5.41) is 0.609. The lowest BCUT2D eigenvalue weighted by Gasteiger charge is -2.10. The molecule has 1 aliphatic heterocycles. The molecule has 0 aliphatic carbocycles. The Balaban J connectivity index is 1.91. The second-order valence-corrected chi connectivity index (χ2v) is 7.66. The molecule has 0 aromatic heterocycles. The average Bonchev–Trinajstić information content (AvgIpc) is 2.97. The van der Waals surface area contributed by atoms with E-state index in [0.29, 0.717) is 21.6 Å². The summed E-state index contributed by atoms with van der Waals surface area (Å²) in [5.41, 5.74) is 1.56. The van der Waals surface area contributed by atoms with Crippen molar-refractivity contribution in [2.75, 3.05) is 28.4 Å². The molecule has 8 heteroatoms. The topological polar surface area (TPSA) is 60.4 Å². The minimum absolute atomic E-state index is 0.112. The van der Waals surface area contributed by atoms with E-state index in [4.69, 9.17) is 14.2 Å². The summed E-state index contributed by atoms with van der Waals surface area (Å²) < 4.78 is 16.6. The van der Waals surface area contributed by atoms with Crippen molar-refractivity contribution < 1.29 is 19.0 Å². The van der Waals surface area contributed by atoms with E-state index in [1.165, 1.54) is 16.7 Å². The summed E-state index contributed by atoms with van der Waals surface area (Å²) in [6.45, 7) is 0. The van der Waals surface area contributed by atoms with Crippen LogP contribution in [0.15, 0.2) is 50.8 Å². The molecule has 1 heterocycles. The summed E-state index contributed by atoms with van der Waals surface area (Å²) in [6, 6.07) is 11.0. The van der Waals surface area contributed by atoms with Gasteiger partial charge in [-0.15, -0.1) is 0 Å². The van der Waals surface area contributed by atoms with E-state index in [9.17, 15) is 4.79 Å². The third-order valence-electron chi connectivity index (χ3n) is 4.09. The predicted molar refractivity (Wildman–Crippen MR) is 116 cm³/mol. The van der Waals surface area contributed by atoms with E-state index in [2.05, 4.69) is 20.9 Å². The molecule has 0 atom stereocenters. The van der Waals surface area contributed by atoms with Gasteiger partial charge in [-0.3, -0.25) is 9.69 Å². The van der Waals surface area contributed by atoms with Crippen LogP contribution in [0.4, 0.5) is 5.69 Å². The summed E-state index contributed by atoms with van der Waals surface area (Å²) in [5.74, 6) is 1.85. The van der Waals surface area contributed by atoms with Gasteiger partial charge in [-0.2, -0.15) is 0 Å². The van der Waals surface area contributed by atoms with Gasteiger partial charge >= 0.3 is 0 Å². The van der Waals surface area contributed by atoms with Crippen molar-refractivity contribution in [3.8, 4) is 17.2 Å². The van der Waals surface area contributed by atoms with Crippen LogP contribution >= 0.6 is 27.7 Å². The largest absolute Gasteiger partial charge is 0.497 e. The number of nitrogens with zero attached hydrogens (tertiary/aromatic N) is 2. The Morgan fingerprint density at radius 1 is 1.04 bits per heavy atom. The highest BCUT2D eigenvalue weighted by atomic mass is 79.9. The Bertz CT molecular complexity index is 957. The molecule has 6 nitrogen and oxygen atoms in total. The van der Waals surface area contributed by atoms with E-state index in [0.717, 1.165) is 21.5 Å². The van der Waals surface area contributed by atoms with Crippen molar-refractivity contribution in [3.05, 3.63) is 51.3 Å². The van der Waals surface area contributed by atoms with Gasteiger partial charge in [0.15, 0.2) is 16.7 Å². The summed E-state index contributed by atoms with van der Waals surface area (Å²) in [7, 11) is 6.48. The second-order valence-electron chi connectivity index (χ2n) is 5.80. The zero-order chi connectivity index (χ0) is 20.3. The van der Waals surface area contributed by atoms with E-state index < -0.39 is 0 Å². The van der Waals surface area contributed by atoms with E-state index in [1.807, 2.05) is 42.5 Å². The van der Waals surface area contributed by atoms with Crippen LogP contribution in [0.2, 0.25) is 0 Å². The fourth-order valence-electron chi connectivity index (χ4n) is 2.54. The molecule has 1 fully saturated rings. The normalized spacial score (nSPS) is 16.8. The fourth-order valence-corrected chi connectivity index (χ4v) is 3.96. The Kier molecular flexibility index (Phi) is 6.31. The number of carbonyl (C=O) groups excluding carboxylic acids is 1. The van der Waals surface area contributed by atoms with Crippen LogP contribution in [0.3, 0.4) is 0 Å². The Morgan fingerprint density at radius 2 is 1.68 bits per heavy atom. The number of likely N-dealkylation sites (N-methyl/N-ethyl adjacent to an activating group) is 1. The number of carbonyl (C=O) groups is 1. The summed E-state index contributed by atoms with van der Waals surface area (Å²) >= 11 is 4.84. The molecule has 1 saturated heterocycles. The van der Waals surface area contributed by atoms with Crippen molar-refractivity contribution in [2.24, 2.45) is 4.99 Å². The number of hydrogen-bond donors (Lipinski definition) is 0. The Hall–Kier alpha value is -2.45. The number of rotatable bonds is 5. The number of halogens is 1. The average molecular weight is 463 g/mol. The summed E-state index contributed by atoms with van der Waals surface area (Å²) in [4.78, 5) is 19.3. The molecule has 2 aromatic carbocycles. The van der Waals surface area contributed by atoms with Crippen LogP contribution in [-0.4, -0.2) is 44.4 Å². The van der Waals surface area contributed by atoms with Crippen LogP contribution in [-0.2, 0) is 4.79 Å². The van der Waals surface area contributed by atoms with Gasteiger partial charge in [-0.05, 0) is 59.8 Å². The number of amides is 1. The molecule has 0 radical (unpaired) electrons. The highest BCUT2D eigenvalue weighted by Gasteiger charge is 2.30. The van der Waals surface area contributed by atoms with Gasteiger partial charge in [-0.1, -0.05) is 15.9 Å². The number of ether oxygens (including phenoxy) is 3. The van der Waals surface area contributed by atoms with E-state index >= 15 is 0 Å². The monoisotopic (exact) mass is 462 g/mol. The minimum atomic E-state index is -0.112. The van der Waals surface area contributed by atoms with Crippen molar-refractivity contribution in [1.29, 1.82) is 0 Å². The minimum Gasteiger partial charge on any atom is -0.497 e. The molecule has 3 rings (SSSR count). The zero-order valence-corrected chi connectivity index (χ0v) is 18.3. The SMILES string of the molecule is COc1ccc(N=C2S/C(=C\c3cc(OC)c(OC)cc3Br)C(=O)N2C)cc1. The number of amidine groups is 1. The molecule has 0 unspecified atom stereocenters. The van der Waals surface area contributed by atoms with Crippen molar-refractivity contribution in [1.82, 2.24) is 4.90 Å². The lowest BCUT2D eigenvalue weighted by Crippen LogP contribution is -2.23. The van der Waals surface area contributed by atoms with Gasteiger partial charge in [0.25, 0.3) is 5.91 Å². The molecule has 1 amide bonds. The van der Waals surface area contributed by atoms with Gasteiger partial charge in [0.05, 0.1) is 31.9 Å². The van der Waals surface area contributed by atoms with Crippen molar-refractivity contribution >= 4 is 50.5 Å². The third kappa shape index (κ3) is 4.18. The number of aliphatic imine (C=N–C) groups is 1. The van der Waals surface area contributed by atoms with Crippen LogP contribution in [0.25, 0.3) is 6.08 Å². The molecular weight excluding hydrogens is 444 g/mol. The maximum atomic E-state index is 12.7. The molecule has 0 bridgehead atoms. The summed E-state index contributed by atoms with van der Waals surface area (Å²) in [6.07, 6.45) is 1.81. The molecule has 1 aliphatic rings. The quantitative estimate of drug-likeness (QED) is 0.602. The lowest BCUT2D eigenvalue weighted by molar-refractivity contribution is -0.121. The van der Waals surface area contributed by atoms with Gasteiger partial charge in [0.1, 0.15) is 5.75 Å². The van der Waals surface area contributed by atoms with Crippen LogP contribution in [0.5, 0.6) is 17.2 Å². The first kappa shape index (κ1) is 20.3. The maximum absolute atomic E-state index is 12.7. The number of benzene rings is 2. The molecule has 0 N–H and O–H groups in total. The first-order valence-electron chi connectivity index (χ1n) is 8.28. The molecule has 0 saturated carbocycles. The highest BCUT2D eigenvalue weighted by Crippen LogP contribution is 2.38. The second kappa shape index (κ2) is 8.70. The highest BCUT2D eigenvalue weighted by molar-refractivity contribution is 9.10. The van der Waals surface area contributed by atoms with Crippen molar-refractivity contribution in [2.45, 2.75) is 0 Å². The smallest absolute Gasteiger partial charge is 0.266 e. The van der Waals surface area contributed by atoms with Gasteiger partial charge in [0, 0.05) is 11.5 Å². The lowest BCUT2D eigenvalue weighted by atomic mass is 10.2. The standard InChI is InChI=1S/C20H19BrN2O4S/c1-23-19(24)18(10-12-9-16(26-3)17(27-4)11-15(12)21)28-20(23)22-13-5-7-14(25-2)8-6-13/h5-11H,1-4H3/b18-10-,22-20?. The predicted octanol–water partition coefficient (Wildman–Crippen LogP) is 4.71. The Morgan fingerprint density at radius 3 is 2.29 bits per heavy atom. The van der Waals surface area contributed by atoms with E-state index in [-0.39, 0.29) is 5.91 Å². The molecule has 28 heavy (non-hydrogen) atoms. The van der Waals surface area contributed by atoms with Gasteiger partial charge < -0.3 is 14.2 Å². The fraction of sp³-hybridized carbons (Fsp3) is 0.200. The zero-order valence-electron chi connectivity index (χ0n) is 15.9. The van der Waals surface area contributed by atoms with Crippen LogP contribution < -0.4 is 14.2 Å². The first-order chi connectivity index (χ1) is 13.5. The first-order valence-corrected chi connectivity index (χ1v) is 9.89. The number of hydrogen-bond acceptors (Lipinski definition) is 6. The van der Waals surface area contributed by atoms with Crippen LogP contribution in [0.1, 0.15) is 5.56 Å². The van der Waals surface area contributed by atoms with Gasteiger partial charge in [-0.25, -0.2) is 4.99 Å². The molecule has 2 aromatic rings. The molecular formula is C20H19BrN2O4S. The molecule has 0 spiro atoms. The van der Waals surface area contributed by atoms with Crippen LogP contribution in [0, 0.1) is 0 Å².